The van der Waals surface area contributed by atoms with E-state index in [0.717, 1.165) is 20.8 Å². The topological polar surface area (TPSA) is 87.5 Å². The van der Waals surface area contributed by atoms with Crippen molar-refractivity contribution < 1.29 is 22.7 Å². The van der Waals surface area contributed by atoms with E-state index in [-0.39, 0.29) is 23.2 Å². The molecule has 37 heavy (non-hydrogen) atoms. The van der Waals surface area contributed by atoms with Gasteiger partial charge in [0.1, 0.15) is 5.75 Å². The number of carbonyl (C=O) groups is 1. The lowest BCUT2D eigenvalue weighted by Gasteiger charge is -2.06. The highest BCUT2D eigenvalue weighted by Gasteiger charge is 2.24. The van der Waals surface area contributed by atoms with E-state index in [2.05, 4.69) is 5.10 Å². The molecule has 1 heterocycles. The Hall–Kier alpha value is -4.43. The number of aromatic nitrogens is 2. The van der Waals surface area contributed by atoms with Gasteiger partial charge in [-0.05, 0) is 48.4 Å². The van der Waals surface area contributed by atoms with E-state index >= 15 is 0 Å². The largest absolute Gasteiger partial charge is 0.497 e. The highest BCUT2D eigenvalue weighted by Crippen LogP contribution is 2.31. The van der Waals surface area contributed by atoms with Crippen LogP contribution >= 0.6 is 0 Å². The molecule has 186 valence electrons. The van der Waals surface area contributed by atoms with Crippen molar-refractivity contribution in [2.24, 2.45) is 0 Å². The fraction of sp³-hybridized carbons (Fsp3) is 0.103. The number of nitrogens with zero attached hydrogens (tertiary/aromatic N) is 2. The van der Waals surface area contributed by atoms with Crippen LogP contribution < -0.4 is 9.47 Å². The van der Waals surface area contributed by atoms with Gasteiger partial charge in [0.15, 0.2) is 12.4 Å². The summed E-state index contributed by atoms with van der Waals surface area (Å²) in [6.07, 6.45) is 0. The SMILES string of the molecule is COc1ccc2c(c1)c(OCC(=O)c1ccc(-c3ccccc3)cc1)nn2S(=O)(=O)c1ccc(C)cc1. The highest BCUT2D eigenvalue weighted by atomic mass is 32.2. The third-order valence-corrected chi connectivity index (χ3v) is 7.62. The predicted molar refractivity (Wildman–Crippen MR) is 142 cm³/mol. The molecule has 7 nitrogen and oxygen atoms in total. The van der Waals surface area contributed by atoms with Crippen LogP contribution in [0.3, 0.4) is 0 Å². The van der Waals surface area contributed by atoms with Crippen LogP contribution in [0.15, 0.2) is 102 Å². The summed E-state index contributed by atoms with van der Waals surface area (Å²) in [5.74, 6) is 0.276. The Kier molecular flexibility index (Phi) is 6.50. The number of ketones is 1. The summed E-state index contributed by atoms with van der Waals surface area (Å²) in [6.45, 7) is 1.57. The number of benzene rings is 4. The first-order valence-electron chi connectivity index (χ1n) is 11.6. The van der Waals surface area contributed by atoms with Crippen LogP contribution in [0.1, 0.15) is 15.9 Å². The molecule has 0 aliphatic carbocycles. The van der Waals surface area contributed by atoms with Crippen LogP contribution in [0.5, 0.6) is 11.6 Å². The molecule has 5 aromatic rings. The Morgan fingerprint density at radius 3 is 2.22 bits per heavy atom. The first kappa shape index (κ1) is 24.3. The predicted octanol–water partition coefficient (Wildman–Crippen LogP) is 5.52. The van der Waals surface area contributed by atoms with E-state index < -0.39 is 10.0 Å². The fourth-order valence-electron chi connectivity index (χ4n) is 3.97. The van der Waals surface area contributed by atoms with Crippen molar-refractivity contribution in [1.82, 2.24) is 9.19 Å². The minimum atomic E-state index is -4.00. The second-order valence-electron chi connectivity index (χ2n) is 8.50. The van der Waals surface area contributed by atoms with Crippen molar-refractivity contribution in [3.8, 4) is 22.8 Å². The van der Waals surface area contributed by atoms with Gasteiger partial charge >= 0.3 is 0 Å². The van der Waals surface area contributed by atoms with Crippen LogP contribution in [0.4, 0.5) is 0 Å². The van der Waals surface area contributed by atoms with E-state index in [9.17, 15) is 13.2 Å². The molecule has 0 saturated heterocycles. The molecular weight excluding hydrogens is 488 g/mol. The van der Waals surface area contributed by atoms with E-state index in [1.54, 1.807) is 42.5 Å². The van der Waals surface area contributed by atoms with Gasteiger partial charge in [0.25, 0.3) is 10.0 Å². The standard InChI is InChI=1S/C29H24N2O5S/c1-20-8-15-25(16-9-20)37(33,34)31-27-17-14-24(35-2)18-26(27)29(30-31)36-19-28(32)23-12-10-22(11-13-23)21-6-4-3-5-7-21/h3-18H,19H2,1-2H3. The Bertz CT molecular complexity index is 1670. The maximum atomic E-state index is 13.4. The lowest BCUT2D eigenvalue weighted by Crippen LogP contribution is -2.15. The molecule has 0 radical (unpaired) electrons. The van der Waals surface area contributed by atoms with Crippen molar-refractivity contribution in [2.45, 2.75) is 11.8 Å². The summed E-state index contributed by atoms with van der Waals surface area (Å²) >= 11 is 0. The number of aryl methyl sites for hydroxylation is 1. The number of methoxy groups -OCH3 is 1. The number of ether oxygens (including phenoxy) is 2. The van der Waals surface area contributed by atoms with Crippen molar-refractivity contribution in [3.63, 3.8) is 0 Å². The Balaban J connectivity index is 1.43. The van der Waals surface area contributed by atoms with Gasteiger partial charge in [0, 0.05) is 5.56 Å². The van der Waals surface area contributed by atoms with E-state index in [1.165, 1.54) is 19.2 Å². The highest BCUT2D eigenvalue weighted by molar-refractivity contribution is 7.90. The Morgan fingerprint density at radius 2 is 1.54 bits per heavy atom. The Labute approximate surface area is 215 Å². The lowest BCUT2D eigenvalue weighted by molar-refractivity contribution is 0.0919. The summed E-state index contributed by atoms with van der Waals surface area (Å²) in [7, 11) is -2.49. The molecule has 4 aromatic carbocycles. The van der Waals surface area contributed by atoms with Crippen LogP contribution in [-0.4, -0.2) is 37.1 Å². The summed E-state index contributed by atoms with van der Waals surface area (Å²) in [5.41, 5.74) is 3.78. The van der Waals surface area contributed by atoms with Crippen LogP contribution in [0, 0.1) is 6.92 Å². The van der Waals surface area contributed by atoms with Gasteiger partial charge < -0.3 is 9.47 Å². The average Bonchev–Trinajstić information content (AvgIpc) is 3.31. The van der Waals surface area contributed by atoms with Crippen molar-refractivity contribution in [3.05, 3.63) is 108 Å². The maximum Gasteiger partial charge on any atom is 0.283 e. The van der Waals surface area contributed by atoms with Crippen LogP contribution in [0.2, 0.25) is 0 Å². The van der Waals surface area contributed by atoms with Gasteiger partial charge in [-0.1, -0.05) is 72.3 Å². The Morgan fingerprint density at radius 1 is 0.865 bits per heavy atom. The van der Waals surface area contributed by atoms with Crippen LogP contribution in [-0.2, 0) is 10.0 Å². The molecule has 0 aliphatic heterocycles. The molecule has 0 fully saturated rings. The zero-order valence-corrected chi connectivity index (χ0v) is 21.1. The average molecular weight is 513 g/mol. The molecule has 5 rings (SSSR count). The molecule has 0 saturated carbocycles. The second kappa shape index (κ2) is 9.91. The normalized spacial score (nSPS) is 11.4. The van der Waals surface area contributed by atoms with Crippen molar-refractivity contribution in [2.75, 3.05) is 13.7 Å². The number of fused-ring (bicyclic) bond motifs is 1. The number of hydrogen-bond donors (Lipinski definition) is 0. The van der Waals surface area contributed by atoms with Gasteiger partial charge in [-0.15, -0.1) is 9.19 Å². The van der Waals surface area contributed by atoms with Gasteiger partial charge in [-0.2, -0.15) is 8.42 Å². The van der Waals surface area contributed by atoms with Crippen LogP contribution in [0.25, 0.3) is 22.0 Å². The maximum absolute atomic E-state index is 13.4. The molecule has 0 amide bonds. The van der Waals surface area contributed by atoms with Gasteiger partial charge in [0.2, 0.25) is 5.88 Å². The molecule has 0 aliphatic rings. The second-order valence-corrected chi connectivity index (χ2v) is 10.3. The lowest BCUT2D eigenvalue weighted by atomic mass is 10.0. The minimum Gasteiger partial charge on any atom is -0.497 e. The first-order valence-corrected chi connectivity index (χ1v) is 13.0. The van der Waals surface area contributed by atoms with E-state index in [4.69, 9.17) is 9.47 Å². The van der Waals surface area contributed by atoms with Gasteiger partial charge in [-0.25, -0.2) is 0 Å². The number of Topliss-reactive ketones (excluding diaryl/α,β-unsaturated/α-hetero) is 1. The molecule has 0 spiro atoms. The molecule has 0 N–H and O–H groups in total. The zero-order chi connectivity index (χ0) is 26.0. The van der Waals surface area contributed by atoms with Gasteiger partial charge in [0.05, 0.1) is 22.9 Å². The minimum absolute atomic E-state index is 0.0267. The summed E-state index contributed by atoms with van der Waals surface area (Å²) in [5, 5.41) is 4.67. The van der Waals surface area contributed by atoms with E-state index in [0.29, 0.717) is 22.2 Å². The molecule has 1 aromatic heterocycles. The third kappa shape index (κ3) is 4.83. The molecule has 0 unspecified atom stereocenters. The molecule has 0 bridgehead atoms. The third-order valence-electron chi connectivity index (χ3n) is 6.02. The first-order chi connectivity index (χ1) is 17.9. The zero-order valence-electron chi connectivity index (χ0n) is 20.3. The van der Waals surface area contributed by atoms with Crippen molar-refractivity contribution >= 4 is 26.7 Å². The summed E-state index contributed by atoms with van der Waals surface area (Å²) < 4.78 is 38.8. The molecule has 8 heteroatoms. The molecule has 0 atom stereocenters. The summed E-state index contributed by atoms with van der Waals surface area (Å²) in [6, 6.07) is 28.5. The number of hydrogen-bond acceptors (Lipinski definition) is 6. The van der Waals surface area contributed by atoms with E-state index in [1.807, 2.05) is 49.4 Å². The fourth-order valence-corrected chi connectivity index (χ4v) is 5.25. The summed E-state index contributed by atoms with van der Waals surface area (Å²) in [4.78, 5) is 13.0. The number of rotatable bonds is 8. The number of carbonyl (C=O) groups excluding carboxylic acids is 1. The van der Waals surface area contributed by atoms with Crippen molar-refractivity contribution in [1.29, 1.82) is 0 Å². The van der Waals surface area contributed by atoms with Gasteiger partial charge in [-0.3, -0.25) is 4.79 Å². The monoisotopic (exact) mass is 512 g/mol. The molecular formula is C29H24N2O5S. The smallest absolute Gasteiger partial charge is 0.283 e. The quantitative estimate of drug-likeness (QED) is 0.255.